The summed E-state index contributed by atoms with van der Waals surface area (Å²) in [5.41, 5.74) is 5.21. The minimum Gasteiger partial charge on any atom is -0.493 e. The molecule has 0 spiro atoms. The fraction of sp³-hybridized carbons (Fsp3) is 0.267. The minimum absolute atomic E-state index is 0.00276. The van der Waals surface area contributed by atoms with Crippen molar-refractivity contribution in [3.63, 3.8) is 0 Å². The molecule has 1 unspecified atom stereocenters. The van der Waals surface area contributed by atoms with Crippen LogP contribution < -0.4 is 9.47 Å². The van der Waals surface area contributed by atoms with Gasteiger partial charge in [0.25, 0.3) is 5.91 Å². The zero-order valence-electron chi connectivity index (χ0n) is 20.6. The first-order valence-corrected chi connectivity index (χ1v) is 13.0. The molecule has 3 aromatic carbocycles. The molecule has 1 atom stereocenters. The Labute approximate surface area is 221 Å². The molecule has 4 aromatic rings. The molecule has 6 rings (SSSR count). The second kappa shape index (κ2) is 9.94. The molecule has 0 saturated heterocycles. The Hall–Kier alpha value is -3.77. The number of fused-ring (bicyclic) bond motifs is 1. The van der Waals surface area contributed by atoms with Crippen LogP contribution in [0.15, 0.2) is 72.8 Å². The van der Waals surface area contributed by atoms with Crippen LogP contribution in [0.4, 0.5) is 0 Å². The normalized spacial score (nSPS) is 17.3. The SMILES string of the molecule is COc1cc(C2c3c(-c4ccc(Cl)cc4)n[nH]c3C(=O)N2C2CCCC2)ccc1OCc1ccccc1. The molecule has 7 heteroatoms. The lowest BCUT2D eigenvalue weighted by atomic mass is 9.95. The monoisotopic (exact) mass is 513 g/mol. The van der Waals surface area contributed by atoms with Crippen molar-refractivity contribution in [1.29, 1.82) is 0 Å². The maximum Gasteiger partial charge on any atom is 0.273 e. The third-order valence-corrected chi connectivity index (χ3v) is 7.63. The van der Waals surface area contributed by atoms with Crippen LogP contribution in [0.2, 0.25) is 5.02 Å². The summed E-state index contributed by atoms with van der Waals surface area (Å²) in [6, 6.07) is 23.5. The molecule has 188 valence electrons. The Kier molecular flexibility index (Phi) is 6.35. The lowest BCUT2D eigenvalue weighted by Crippen LogP contribution is -2.37. The standard InChI is InChI=1S/C30H28ClN3O3/c1-36-25-17-21(13-16-24(25)37-18-19-7-3-2-4-8-19)29-26-27(20-11-14-22(31)15-12-20)32-33-28(26)30(35)34(29)23-9-5-6-10-23/h2-4,7-8,11-17,23,29H,5-6,9-10,18H2,1H3,(H,32,33). The number of carbonyl (C=O) groups excluding carboxylic acids is 1. The van der Waals surface area contributed by atoms with Crippen molar-refractivity contribution >= 4 is 17.5 Å². The topological polar surface area (TPSA) is 67.5 Å². The van der Waals surface area contributed by atoms with E-state index in [2.05, 4.69) is 15.1 Å². The van der Waals surface area contributed by atoms with Gasteiger partial charge in [-0.3, -0.25) is 9.89 Å². The van der Waals surface area contributed by atoms with E-state index >= 15 is 0 Å². The molecule has 1 aliphatic heterocycles. The van der Waals surface area contributed by atoms with Gasteiger partial charge in [-0.1, -0.05) is 73.0 Å². The van der Waals surface area contributed by atoms with Crippen molar-refractivity contribution in [3.8, 4) is 22.8 Å². The predicted molar refractivity (Wildman–Crippen MR) is 143 cm³/mol. The first-order chi connectivity index (χ1) is 18.1. The summed E-state index contributed by atoms with van der Waals surface area (Å²) in [5.74, 6) is 1.30. The van der Waals surface area contributed by atoms with Crippen LogP contribution >= 0.6 is 11.6 Å². The largest absolute Gasteiger partial charge is 0.493 e. The molecular weight excluding hydrogens is 486 g/mol. The van der Waals surface area contributed by atoms with Crippen molar-refractivity contribution in [2.24, 2.45) is 0 Å². The van der Waals surface area contributed by atoms with Crippen LogP contribution in [0.5, 0.6) is 11.5 Å². The lowest BCUT2D eigenvalue weighted by molar-refractivity contribution is 0.0660. The minimum atomic E-state index is -0.271. The fourth-order valence-electron chi connectivity index (χ4n) is 5.59. The number of aromatic amines is 1. The van der Waals surface area contributed by atoms with Crippen molar-refractivity contribution < 1.29 is 14.3 Å². The van der Waals surface area contributed by atoms with E-state index < -0.39 is 0 Å². The maximum absolute atomic E-state index is 13.7. The Morgan fingerprint density at radius 1 is 1.00 bits per heavy atom. The van der Waals surface area contributed by atoms with Gasteiger partial charge < -0.3 is 14.4 Å². The number of ether oxygens (including phenoxy) is 2. The highest BCUT2D eigenvalue weighted by atomic mass is 35.5. The molecular formula is C30H28ClN3O3. The lowest BCUT2D eigenvalue weighted by Gasteiger charge is -2.32. The number of nitrogens with one attached hydrogen (secondary N) is 1. The smallest absolute Gasteiger partial charge is 0.273 e. The van der Waals surface area contributed by atoms with E-state index in [0.717, 1.165) is 53.6 Å². The molecule has 1 aromatic heterocycles. The summed E-state index contributed by atoms with van der Waals surface area (Å²) in [7, 11) is 1.64. The molecule has 1 fully saturated rings. The summed E-state index contributed by atoms with van der Waals surface area (Å²) in [5, 5.41) is 8.29. The highest BCUT2D eigenvalue weighted by Crippen LogP contribution is 2.47. The molecule has 1 amide bonds. The van der Waals surface area contributed by atoms with Gasteiger partial charge in [0.2, 0.25) is 0 Å². The van der Waals surface area contributed by atoms with Crippen molar-refractivity contribution in [2.75, 3.05) is 7.11 Å². The number of nitrogens with zero attached hydrogens (tertiary/aromatic N) is 2. The number of benzene rings is 3. The van der Waals surface area contributed by atoms with Gasteiger partial charge in [0.1, 0.15) is 12.3 Å². The van der Waals surface area contributed by atoms with Gasteiger partial charge in [-0.25, -0.2) is 0 Å². The fourth-order valence-corrected chi connectivity index (χ4v) is 5.71. The molecule has 6 nitrogen and oxygen atoms in total. The number of amides is 1. The number of carbonyl (C=O) groups is 1. The van der Waals surface area contributed by atoms with E-state index in [9.17, 15) is 4.79 Å². The third kappa shape index (κ3) is 4.36. The molecule has 1 aliphatic carbocycles. The van der Waals surface area contributed by atoms with E-state index in [0.29, 0.717) is 28.8 Å². The Bertz CT molecular complexity index is 1410. The summed E-state index contributed by atoms with van der Waals surface area (Å²) < 4.78 is 11.9. The van der Waals surface area contributed by atoms with Crippen molar-refractivity contribution in [2.45, 2.75) is 44.4 Å². The van der Waals surface area contributed by atoms with Crippen LogP contribution in [-0.2, 0) is 6.61 Å². The number of methoxy groups -OCH3 is 1. The summed E-state index contributed by atoms with van der Waals surface area (Å²) in [6.07, 6.45) is 4.28. The molecule has 0 bridgehead atoms. The Morgan fingerprint density at radius 2 is 1.76 bits per heavy atom. The van der Waals surface area contributed by atoms with Crippen LogP contribution in [0, 0.1) is 0 Å². The van der Waals surface area contributed by atoms with E-state index in [1.165, 1.54) is 0 Å². The highest BCUT2D eigenvalue weighted by Gasteiger charge is 2.46. The zero-order chi connectivity index (χ0) is 25.4. The van der Waals surface area contributed by atoms with E-state index in [4.69, 9.17) is 21.1 Å². The summed E-state index contributed by atoms with van der Waals surface area (Å²) in [4.78, 5) is 15.8. The average Bonchev–Trinajstić information content (AvgIpc) is 3.67. The van der Waals surface area contributed by atoms with Crippen LogP contribution in [-0.4, -0.2) is 34.2 Å². The molecule has 2 heterocycles. The summed E-state index contributed by atoms with van der Waals surface area (Å²) in [6.45, 7) is 0.444. The van der Waals surface area contributed by atoms with Crippen LogP contribution in [0.1, 0.15) is 58.9 Å². The number of aromatic nitrogens is 2. The first-order valence-electron chi connectivity index (χ1n) is 12.7. The van der Waals surface area contributed by atoms with Gasteiger partial charge in [-0.15, -0.1) is 0 Å². The first kappa shape index (κ1) is 23.6. The molecule has 1 saturated carbocycles. The van der Waals surface area contributed by atoms with E-state index in [1.54, 1.807) is 7.11 Å². The number of hydrogen-bond acceptors (Lipinski definition) is 4. The van der Waals surface area contributed by atoms with Crippen molar-refractivity contribution in [1.82, 2.24) is 15.1 Å². The molecule has 2 aliphatic rings. The number of hydrogen-bond donors (Lipinski definition) is 1. The quantitative estimate of drug-likeness (QED) is 0.295. The Balaban J connectivity index is 1.40. The summed E-state index contributed by atoms with van der Waals surface area (Å²) >= 11 is 6.14. The van der Waals surface area contributed by atoms with Gasteiger partial charge in [0.05, 0.1) is 18.8 Å². The highest BCUT2D eigenvalue weighted by molar-refractivity contribution is 6.30. The van der Waals surface area contributed by atoms with E-state index in [-0.39, 0.29) is 18.0 Å². The molecule has 1 N–H and O–H groups in total. The average molecular weight is 514 g/mol. The predicted octanol–water partition coefficient (Wildman–Crippen LogP) is 6.81. The third-order valence-electron chi connectivity index (χ3n) is 7.38. The second-order valence-corrected chi connectivity index (χ2v) is 10.0. The van der Waals surface area contributed by atoms with Gasteiger partial charge in [-0.05, 0) is 48.2 Å². The van der Waals surface area contributed by atoms with Crippen molar-refractivity contribution in [3.05, 3.63) is 100 Å². The molecule has 37 heavy (non-hydrogen) atoms. The maximum atomic E-state index is 13.7. The van der Waals surface area contributed by atoms with Gasteiger partial charge in [-0.2, -0.15) is 5.10 Å². The van der Waals surface area contributed by atoms with Gasteiger partial charge in [0, 0.05) is 22.2 Å². The number of H-pyrrole nitrogens is 1. The van der Waals surface area contributed by atoms with Gasteiger partial charge in [0.15, 0.2) is 11.5 Å². The van der Waals surface area contributed by atoms with Crippen LogP contribution in [0.3, 0.4) is 0 Å². The number of rotatable bonds is 7. The van der Waals surface area contributed by atoms with E-state index in [1.807, 2.05) is 72.8 Å². The van der Waals surface area contributed by atoms with Crippen LogP contribution in [0.25, 0.3) is 11.3 Å². The Morgan fingerprint density at radius 3 is 2.49 bits per heavy atom. The molecule has 0 radical (unpaired) electrons. The zero-order valence-corrected chi connectivity index (χ0v) is 21.4. The number of halogens is 1. The van der Waals surface area contributed by atoms with Gasteiger partial charge >= 0.3 is 0 Å². The second-order valence-electron chi connectivity index (χ2n) is 9.61.